The normalized spacial score (nSPS) is 11.7. The van der Waals surface area contributed by atoms with E-state index in [1.807, 2.05) is 13.0 Å². The van der Waals surface area contributed by atoms with Gasteiger partial charge in [0.25, 0.3) is 0 Å². The number of para-hydroxylation sites is 3. The minimum atomic E-state index is -0.985. The molecular weight excluding hydrogens is 542 g/mol. The number of esters is 1. The molecule has 2 atom stereocenters. The van der Waals surface area contributed by atoms with Gasteiger partial charge in [-0.05, 0) is 55.2 Å². The second-order valence-corrected chi connectivity index (χ2v) is 9.32. The van der Waals surface area contributed by atoms with E-state index in [0.717, 1.165) is 0 Å². The lowest BCUT2D eigenvalue weighted by atomic mass is 10.0. The number of benzene rings is 3. The molecule has 0 heterocycles. The highest BCUT2D eigenvalue weighted by atomic mass is 16.6. The van der Waals surface area contributed by atoms with Crippen LogP contribution in [0, 0.1) is 5.92 Å². The van der Waals surface area contributed by atoms with Gasteiger partial charge in [-0.3, -0.25) is 0 Å². The molecule has 0 saturated carbocycles. The van der Waals surface area contributed by atoms with Gasteiger partial charge in [-0.1, -0.05) is 67.9 Å². The summed E-state index contributed by atoms with van der Waals surface area (Å²) in [5, 5.41) is 7.78. The van der Waals surface area contributed by atoms with Crippen molar-refractivity contribution in [3.63, 3.8) is 0 Å². The number of amides is 3. The summed E-state index contributed by atoms with van der Waals surface area (Å²) in [6, 6.07) is 24.7. The smallest absolute Gasteiger partial charge is 0.413 e. The fraction of sp³-hybridized carbons (Fsp3) is 0.290. The van der Waals surface area contributed by atoms with Gasteiger partial charge in [0.05, 0.1) is 6.54 Å². The van der Waals surface area contributed by atoms with Gasteiger partial charge in [0.1, 0.15) is 29.9 Å². The van der Waals surface area contributed by atoms with E-state index in [4.69, 9.17) is 18.9 Å². The first-order chi connectivity index (χ1) is 20.4. The molecule has 222 valence electrons. The molecule has 0 aromatic heterocycles. The van der Waals surface area contributed by atoms with Crippen LogP contribution in [-0.2, 0) is 9.53 Å². The molecule has 3 rings (SSSR count). The van der Waals surface area contributed by atoms with Gasteiger partial charge >= 0.3 is 24.2 Å². The Kier molecular flexibility index (Phi) is 13.2. The van der Waals surface area contributed by atoms with E-state index in [-0.39, 0.29) is 25.5 Å². The third-order valence-corrected chi connectivity index (χ3v) is 5.84. The first kappa shape index (κ1) is 31.5. The van der Waals surface area contributed by atoms with Crippen molar-refractivity contribution in [3.8, 4) is 17.2 Å². The monoisotopic (exact) mass is 577 g/mol. The van der Waals surface area contributed by atoms with Crippen molar-refractivity contribution in [2.24, 2.45) is 5.92 Å². The minimum Gasteiger partial charge on any atom is -0.462 e. The van der Waals surface area contributed by atoms with Gasteiger partial charge in [0, 0.05) is 6.54 Å². The molecule has 1 unspecified atom stereocenters. The number of hydrogen-bond donors (Lipinski definition) is 3. The van der Waals surface area contributed by atoms with E-state index in [9.17, 15) is 19.2 Å². The Balaban J connectivity index is 1.43. The summed E-state index contributed by atoms with van der Waals surface area (Å²) in [7, 11) is 0. The lowest BCUT2D eigenvalue weighted by Gasteiger charge is -2.19. The Morgan fingerprint density at radius 2 is 1.12 bits per heavy atom. The molecule has 0 bridgehead atoms. The average Bonchev–Trinajstić information content (AvgIpc) is 2.99. The molecule has 3 N–H and O–H groups in total. The van der Waals surface area contributed by atoms with Gasteiger partial charge in [-0.2, -0.15) is 0 Å². The zero-order valence-corrected chi connectivity index (χ0v) is 23.3. The molecule has 0 spiro atoms. The van der Waals surface area contributed by atoms with Crippen molar-refractivity contribution in [1.82, 2.24) is 16.0 Å². The summed E-state index contributed by atoms with van der Waals surface area (Å²) in [6.45, 7) is 2.21. The van der Waals surface area contributed by atoms with Crippen LogP contribution >= 0.6 is 0 Å². The lowest BCUT2D eigenvalue weighted by molar-refractivity contribution is -0.146. The molecule has 11 heteroatoms. The number of carbonyl (C=O) groups is 4. The lowest BCUT2D eigenvalue weighted by Crippen LogP contribution is -2.44. The van der Waals surface area contributed by atoms with Crippen molar-refractivity contribution in [2.45, 2.75) is 32.2 Å². The number of ether oxygens (including phenoxy) is 4. The van der Waals surface area contributed by atoms with E-state index in [0.29, 0.717) is 36.6 Å². The van der Waals surface area contributed by atoms with Crippen LogP contribution in [0.15, 0.2) is 91.0 Å². The van der Waals surface area contributed by atoms with E-state index in [1.165, 1.54) is 0 Å². The van der Waals surface area contributed by atoms with Gasteiger partial charge in [-0.25, -0.2) is 19.2 Å². The molecule has 0 radical (unpaired) electrons. The van der Waals surface area contributed by atoms with Crippen molar-refractivity contribution in [3.05, 3.63) is 91.0 Å². The van der Waals surface area contributed by atoms with E-state index >= 15 is 0 Å². The van der Waals surface area contributed by atoms with E-state index < -0.39 is 30.3 Å². The molecule has 11 nitrogen and oxygen atoms in total. The fourth-order valence-corrected chi connectivity index (χ4v) is 3.71. The van der Waals surface area contributed by atoms with Crippen LogP contribution < -0.4 is 30.2 Å². The Labute approximate surface area is 244 Å². The number of carbonyl (C=O) groups excluding carboxylic acids is 4. The molecule has 3 amide bonds. The predicted octanol–water partition coefficient (Wildman–Crippen LogP) is 5.07. The molecule has 0 saturated heterocycles. The van der Waals surface area contributed by atoms with Crippen molar-refractivity contribution in [2.75, 3.05) is 19.7 Å². The molecule has 0 aliphatic carbocycles. The Bertz CT molecular complexity index is 1260. The topological polar surface area (TPSA) is 141 Å². The molecular formula is C31H35N3O8. The third-order valence-electron chi connectivity index (χ3n) is 5.84. The highest BCUT2D eigenvalue weighted by Crippen LogP contribution is 2.13. The van der Waals surface area contributed by atoms with Crippen LogP contribution in [0.5, 0.6) is 17.2 Å². The maximum atomic E-state index is 12.8. The number of nitrogens with one attached hydrogen (secondary N) is 3. The molecule has 3 aromatic carbocycles. The quantitative estimate of drug-likeness (QED) is 0.178. The second kappa shape index (κ2) is 17.6. The average molecular weight is 578 g/mol. The summed E-state index contributed by atoms with van der Waals surface area (Å²) < 4.78 is 20.9. The predicted molar refractivity (Wildman–Crippen MR) is 154 cm³/mol. The third kappa shape index (κ3) is 12.4. The van der Waals surface area contributed by atoms with Crippen LogP contribution in [0.2, 0.25) is 0 Å². The highest BCUT2D eigenvalue weighted by Gasteiger charge is 2.23. The standard InChI is InChI=1S/C31H35N3O8/c1-23(22-33-30(37)41-25-15-7-3-8-16-25)12-11-19-27(34-31(38)42-26-17-9-4-10-18-26)28(35)39-21-20-32-29(36)40-24-13-5-2-6-14-24/h2-10,13-18,23,27H,11-12,19-22H2,1H3,(H,32,36)(H,33,37)(H,34,38)/t23-,27?/m0/s1. The summed E-state index contributed by atoms with van der Waals surface area (Å²) in [4.78, 5) is 49.2. The summed E-state index contributed by atoms with van der Waals surface area (Å²) in [5.74, 6) is 0.549. The van der Waals surface area contributed by atoms with Gasteiger partial charge in [0.15, 0.2) is 0 Å². The number of rotatable bonds is 14. The summed E-state index contributed by atoms with van der Waals surface area (Å²) >= 11 is 0. The molecule has 3 aromatic rings. The van der Waals surface area contributed by atoms with Crippen molar-refractivity contribution < 1.29 is 38.1 Å². The zero-order valence-electron chi connectivity index (χ0n) is 23.3. The van der Waals surface area contributed by atoms with Crippen LogP contribution in [0.1, 0.15) is 26.2 Å². The fourth-order valence-electron chi connectivity index (χ4n) is 3.71. The Morgan fingerprint density at radius 3 is 1.64 bits per heavy atom. The van der Waals surface area contributed by atoms with Crippen LogP contribution in [0.3, 0.4) is 0 Å². The highest BCUT2D eigenvalue weighted by molar-refractivity contribution is 5.82. The number of hydrogen-bond acceptors (Lipinski definition) is 8. The van der Waals surface area contributed by atoms with Crippen LogP contribution in [0.25, 0.3) is 0 Å². The Morgan fingerprint density at radius 1 is 0.643 bits per heavy atom. The molecule has 0 aliphatic heterocycles. The largest absolute Gasteiger partial charge is 0.462 e. The Hall–Kier alpha value is -5.06. The molecule has 0 fully saturated rings. The first-order valence-corrected chi connectivity index (χ1v) is 13.6. The van der Waals surface area contributed by atoms with Gasteiger partial charge in [-0.15, -0.1) is 0 Å². The minimum absolute atomic E-state index is 0.0143. The van der Waals surface area contributed by atoms with Crippen LogP contribution in [0.4, 0.5) is 14.4 Å². The van der Waals surface area contributed by atoms with Crippen LogP contribution in [-0.4, -0.2) is 50.0 Å². The molecule has 0 aliphatic rings. The zero-order chi connectivity index (χ0) is 30.0. The van der Waals surface area contributed by atoms with E-state index in [1.54, 1.807) is 84.9 Å². The first-order valence-electron chi connectivity index (χ1n) is 13.6. The maximum Gasteiger partial charge on any atom is 0.413 e. The van der Waals surface area contributed by atoms with Gasteiger partial charge in [0.2, 0.25) is 0 Å². The van der Waals surface area contributed by atoms with Crippen molar-refractivity contribution >= 4 is 24.2 Å². The SMILES string of the molecule is C[C@@H](CCCC(NC(=O)Oc1ccccc1)C(=O)OCCNC(=O)Oc1ccccc1)CNC(=O)Oc1ccccc1. The van der Waals surface area contributed by atoms with E-state index in [2.05, 4.69) is 16.0 Å². The summed E-state index contributed by atoms with van der Waals surface area (Å²) in [5.41, 5.74) is 0. The maximum absolute atomic E-state index is 12.8. The van der Waals surface area contributed by atoms with Crippen molar-refractivity contribution in [1.29, 1.82) is 0 Å². The second-order valence-electron chi connectivity index (χ2n) is 9.32. The summed E-state index contributed by atoms with van der Waals surface area (Å²) in [6.07, 6.45) is -0.576. The van der Waals surface area contributed by atoms with Gasteiger partial charge < -0.3 is 34.9 Å². The molecule has 42 heavy (non-hydrogen) atoms.